The first-order chi connectivity index (χ1) is 12.0. The smallest absolute Gasteiger partial charge is 0.227 e. The number of hydrogen-bond acceptors (Lipinski definition) is 4. The third-order valence-electron chi connectivity index (χ3n) is 3.76. The molecule has 0 aliphatic rings. The molecule has 0 radical (unpaired) electrons. The van der Waals surface area contributed by atoms with Crippen LogP contribution < -0.4 is 10.6 Å². The van der Waals surface area contributed by atoms with Gasteiger partial charge < -0.3 is 15.5 Å². The van der Waals surface area contributed by atoms with Gasteiger partial charge in [-0.15, -0.1) is 0 Å². The van der Waals surface area contributed by atoms with Crippen molar-refractivity contribution in [2.45, 2.75) is 46.5 Å². The molecule has 0 bridgehead atoms. The molecule has 0 aliphatic carbocycles. The summed E-state index contributed by atoms with van der Waals surface area (Å²) in [5.41, 5.74) is 1.02. The molecule has 7 heteroatoms. The lowest BCUT2D eigenvalue weighted by molar-refractivity contribution is -0.131. The predicted octanol–water partition coefficient (Wildman–Crippen LogP) is 1.87. The summed E-state index contributed by atoms with van der Waals surface area (Å²) in [7, 11) is 0. The molecular weight excluding hydrogens is 320 g/mol. The van der Waals surface area contributed by atoms with Gasteiger partial charge in [-0.1, -0.05) is 6.07 Å². The van der Waals surface area contributed by atoms with Gasteiger partial charge in [-0.25, -0.2) is 4.98 Å². The molecule has 1 heterocycles. The highest BCUT2D eigenvalue weighted by Crippen LogP contribution is 2.04. The summed E-state index contributed by atoms with van der Waals surface area (Å²) in [6.45, 7) is 7.43. The fourth-order valence-corrected chi connectivity index (χ4v) is 2.29. The van der Waals surface area contributed by atoms with Gasteiger partial charge in [0.2, 0.25) is 17.7 Å². The van der Waals surface area contributed by atoms with E-state index in [0.29, 0.717) is 31.7 Å². The van der Waals surface area contributed by atoms with Gasteiger partial charge in [0.1, 0.15) is 5.82 Å². The summed E-state index contributed by atoms with van der Waals surface area (Å²) in [5.74, 6) is 0.224. The van der Waals surface area contributed by atoms with E-state index >= 15 is 0 Å². The van der Waals surface area contributed by atoms with E-state index in [1.165, 1.54) is 0 Å². The minimum Gasteiger partial charge on any atom is -0.356 e. The average molecular weight is 348 g/mol. The zero-order valence-electron chi connectivity index (χ0n) is 15.3. The Morgan fingerprint density at radius 2 is 1.76 bits per heavy atom. The van der Waals surface area contributed by atoms with Gasteiger partial charge in [-0.3, -0.25) is 14.4 Å². The van der Waals surface area contributed by atoms with Crippen LogP contribution in [0.25, 0.3) is 0 Å². The number of pyridine rings is 1. The van der Waals surface area contributed by atoms with E-state index in [1.807, 2.05) is 26.8 Å². The summed E-state index contributed by atoms with van der Waals surface area (Å²) in [6, 6.07) is 3.60. The van der Waals surface area contributed by atoms with Crippen LogP contribution in [0.4, 0.5) is 5.82 Å². The molecule has 0 fully saturated rings. The van der Waals surface area contributed by atoms with Crippen LogP contribution in [0.5, 0.6) is 0 Å². The SMILES string of the molecule is CCN(CC)C(=O)CCCC(=O)NCCC(=O)Nc1ccc(C)cn1. The van der Waals surface area contributed by atoms with Crippen molar-refractivity contribution in [2.75, 3.05) is 25.0 Å². The molecule has 7 nitrogen and oxygen atoms in total. The maximum atomic E-state index is 11.8. The molecule has 0 aromatic carbocycles. The number of nitrogens with one attached hydrogen (secondary N) is 2. The summed E-state index contributed by atoms with van der Waals surface area (Å²) < 4.78 is 0. The van der Waals surface area contributed by atoms with Crippen molar-refractivity contribution in [2.24, 2.45) is 0 Å². The molecular formula is C18H28N4O3. The summed E-state index contributed by atoms with van der Waals surface area (Å²) in [5, 5.41) is 5.37. The van der Waals surface area contributed by atoms with Gasteiger partial charge >= 0.3 is 0 Å². The molecule has 0 spiro atoms. The Labute approximate surface area is 149 Å². The minimum absolute atomic E-state index is 0.0720. The van der Waals surface area contributed by atoms with Gasteiger partial charge in [0, 0.05) is 45.1 Å². The number of carbonyl (C=O) groups is 3. The van der Waals surface area contributed by atoms with Gasteiger partial charge in [-0.2, -0.15) is 0 Å². The molecule has 0 atom stereocenters. The Morgan fingerprint density at radius 1 is 1.04 bits per heavy atom. The Morgan fingerprint density at radius 3 is 2.36 bits per heavy atom. The van der Waals surface area contributed by atoms with E-state index in [-0.39, 0.29) is 37.1 Å². The Bertz CT molecular complexity index is 568. The molecule has 3 amide bonds. The van der Waals surface area contributed by atoms with E-state index in [2.05, 4.69) is 15.6 Å². The average Bonchev–Trinajstić information content (AvgIpc) is 2.58. The number of aromatic nitrogens is 1. The second-order valence-corrected chi connectivity index (χ2v) is 5.79. The normalized spacial score (nSPS) is 10.2. The molecule has 1 rings (SSSR count). The van der Waals surface area contributed by atoms with Crippen LogP contribution in [0.3, 0.4) is 0 Å². The first-order valence-corrected chi connectivity index (χ1v) is 8.73. The number of anilines is 1. The largest absolute Gasteiger partial charge is 0.356 e. The Kier molecular flexibility index (Phi) is 9.21. The lowest BCUT2D eigenvalue weighted by Gasteiger charge is -2.18. The quantitative estimate of drug-likeness (QED) is 0.675. The van der Waals surface area contributed by atoms with Crippen LogP contribution in [0, 0.1) is 6.92 Å². The second-order valence-electron chi connectivity index (χ2n) is 5.79. The zero-order valence-corrected chi connectivity index (χ0v) is 15.3. The van der Waals surface area contributed by atoms with E-state index in [1.54, 1.807) is 17.2 Å². The monoisotopic (exact) mass is 348 g/mol. The fourth-order valence-electron chi connectivity index (χ4n) is 2.29. The van der Waals surface area contributed by atoms with Gasteiger partial charge in [0.15, 0.2) is 0 Å². The number of hydrogen-bond donors (Lipinski definition) is 2. The highest BCUT2D eigenvalue weighted by Gasteiger charge is 2.10. The van der Waals surface area contributed by atoms with Gasteiger partial charge in [0.05, 0.1) is 0 Å². The van der Waals surface area contributed by atoms with Crippen LogP contribution in [-0.4, -0.2) is 47.2 Å². The molecule has 0 saturated heterocycles. The first kappa shape index (κ1) is 20.6. The maximum Gasteiger partial charge on any atom is 0.227 e. The third-order valence-corrected chi connectivity index (χ3v) is 3.76. The molecule has 25 heavy (non-hydrogen) atoms. The van der Waals surface area contributed by atoms with E-state index in [4.69, 9.17) is 0 Å². The summed E-state index contributed by atoms with van der Waals surface area (Å²) in [4.78, 5) is 41.2. The fraction of sp³-hybridized carbons (Fsp3) is 0.556. The number of nitrogens with zero attached hydrogens (tertiary/aromatic N) is 2. The third kappa shape index (κ3) is 8.28. The minimum atomic E-state index is -0.201. The summed E-state index contributed by atoms with van der Waals surface area (Å²) >= 11 is 0. The number of carbonyl (C=O) groups excluding carboxylic acids is 3. The Hall–Kier alpha value is -2.44. The van der Waals surface area contributed by atoms with Crippen molar-refractivity contribution in [3.63, 3.8) is 0 Å². The molecule has 0 saturated carbocycles. The number of amides is 3. The van der Waals surface area contributed by atoms with Crippen molar-refractivity contribution in [3.05, 3.63) is 23.9 Å². The van der Waals surface area contributed by atoms with Crippen molar-refractivity contribution >= 4 is 23.5 Å². The van der Waals surface area contributed by atoms with Crippen molar-refractivity contribution in [1.82, 2.24) is 15.2 Å². The molecule has 1 aromatic heterocycles. The standard InChI is InChI=1S/C18H28N4O3/c1-4-22(5-2)18(25)8-6-7-16(23)19-12-11-17(24)21-15-10-9-14(3)13-20-15/h9-10,13H,4-8,11-12H2,1-3H3,(H,19,23)(H,20,21,24). The lowest BCUT2D eigenvalue weighted by Crippen LogP contribution is -2.31. The predicted molar refractivity (Wildman–Crippen MR) is 97.0 cm³/mol. The Balaban J connectivity index is 2.16. The molecule has 2 N–H and O–H groups in total. The highest BCUT2D eigenvalue weighted by molar-refractivity contribution is 5.90. The van der Waals surface area contributed by atoms with Crippen LogP contribution in [-0.2, 0) is 14.4 Å². The van der Waals surface area contributed by atoms with Crippen molar-refractivity contribution < 1.29 is 14.4 Å². The topological polar surface area (TPSA) is 91.4 Å². The molecule has 138 valence electrons. The van der Waals surface area contributed by atoms with Crippen molar-refractivity contribution in [3.8, 4) is 0 Å². The molecule has 0 unspecified atom stereocenters. The summed E-state index contributed by atoms with van der Waals surface area (Å²) in [6.07, 6.45) is 3.03. The number of rotatable bonds is 10. The van der Waals surface area contributed by atoms with Gasteiger partial charge in [0.25, 0.3) is 0 Å². The van der Waals surface area contributed by atoms with Crippen LogP contribution in [0.2, 0.25) is 0 Å². The molecule has 1 aromatic rings. The highest BCUT2D eigenvalue weighted by atomic mass is 16.2. The van der Waals surface area contributed by atoms with E-state index < -0.39 is 0 Å². The van der Waals surface area contributed by atoms with E-state index in [0.717, 1.165) is 5.56 Å². The molecule has 0 aliphatic heterocycles. The first-order valence-electron chi connectivity index (χ1n) is 8.73. The van der Waals surface area contributed by atoms with E-state index in [9.17, 15) is 14.4 Å². The number of aryl methyl sites for hydroxylation is 1. The second kappa shape index (κ2) is 11.2. The van der Waals surface area contributed by atoms with Gasteiger partial charge in [-0.05, 0) is 38.8 Å². The maximum absolute atomic E-state index is 11.8. The zero-order chi connectivity index (χ0) is 18.7. The van der Waals surface area contributed by atoms with Crippen molar-refractivity contribution in [1.29, 1.82) is 0 Å². The van der Waals surface area contributed by atoms with Crippen LogP contribution in [0.15, 0.2) is 18.3 Å². The van der Waals surface area contributed by atoms with Crippen LogP contribution in [0.1, 0.15) is 45.1 Å². The lowest BCUT2D eigenvalue weighted by atomic mass is 10.2. The van der Waals surface area contributed by atoms with Crippen LogP contribution >= 0.6 is 0 Å².